The first-order valence-corrected chi connectivity index (χ1v) is 28.2. The van der Waals surface area contributed by atoms with Gasteiger partial charge in [0.15, 0.2) is 0 Å². The van der Waals surface area contributed by atoms with E-state index in [1.54, 1.807) is 0 Å². The van der Waals surface area contributed by atoms with E-state index in [-0.39, 0.29) is 0 Å². The zero-order chi connectivity index (χ0) is 38.8. The van der Waals surface area contributed by atoms with Gasteiger partial charge in [-0.3, -0.25) is 0 Å². The average Bonchev–Trinajstić information content (AvgIpc) is 3.83. The maximum absolute atomic E-state index is 6.24. The van der Waals surface area contributed by atoms with E-state index in [1.807, 2.05) is 0 Å². The fourth-order valence-corrected chi connectivity index (χ4v) is 26.7. The Labute approximate surface area is 356 Å². The summed E-state index contributed by atoms with van der Waals surface area (Å²) in [4.78, 5) is 11.3. The Bertz CT molecular complexity index is 3460. The summed E-state index contributed by atoms with van der Waals surface area (Å²) in [6.07, 6.45) is 0. The molecule has 0 spiro atoms. The SMILES string of the molecule is c1ccc(N2c3c[c]4c(n[c]3[Ga]3[c]5c2cccc5-n2c5ccccc5c5ccc[c]3c52)N(c2ccccc2)c2cccc3[c]2[Ga]4[c]2cccc4c5ccccc5n-3c24)cc1. The molecule has 15 rings (SSSR count). The van der Waals surface area contributed by atoms with E-state index in [1.165, 1.54) is 103 Å². The molecule has 0 saturated heterocycles. The van der Waals surface area contributed by atoms with Gasteiger partial charge in [0.05, 0.1) is 0 Å². The first-order chi connectivity index (χ1) is 29.8. The summed E-state index contributed by atoms with van der Waals surface area (Å²) in [5.74, 6) is 1.12. The molecule has 0 radical (unpaired) electrons. The molecule has 60 heavy (non-hydrogen) atoms. The summed E-state index contributed by atoms with van der Waals surface area (Å²) in [6, 6.07) is 70.9. The molecule has 0 unspecified atom stereocenters. The fraction of sp³-hybridized carbons (Fsp3) is 0. The third kappa shape index (κ3) is 3.88. The van der Waals surface area contributed by atoms with Crippen LogP contribution in [0, 0.1) is 0 Å². The third-order valence-electron chi connectivity index (χ3n) is 13.8. The number of hydrogen-bond donors (Lipinski definition) is 0. The Morgan fingerprint density at radius 1 is 0.350 bits per heavy atom. The Balaban J connectivity index is 1.11. The first kappa shape index (κ1) is 32.3. The maximum atomic E-state index is 6.24. The van der Waals surface area contributed by atoms with Gasteiger partial charge in [-0.05, 0) is 0 Å². The molecule has 0 saturated carbocycles. The van der Waals surface area contributed by atoms with Gasteiger partial charge in [-0.15, -0.1) is 0 Å². The van der Waals surface area contributed by atoms with Crippen molar-refractivity contribution in [1.29, 1.82) is 0 Å². The molecular formula is C53H31Ga2N5. The number of hydrogen-bond acceptors (Lipinski definition) is 3. The number of pyridine rings is 1. The van der Waals surface area contributed by atoms with Crippen LogP contribution in [0.5, 0.6) is 0 Å². The van der Waals surface area contributed by atoms with Crippen LogP contribution in [0.25, 0.3) is 55.0 Å². The number of rotatable bonds is 2. The quantitative estimate of drug-likeness (QED) is 0.163. The molecule has 8 aromatic carbocycles. The summed E-state index contributed by atoms with van der Waals surface area (Å²) < 4.78 is 13.9. The monoisotopic (exact) mass is 875 g/mol. The number of fused-ring (bicyclic) bond motifs is 14. The predicted molar refractivity (Wildman–Crippen MR) is 252 cm³/mol. The summed E-state index contributed by atoms with van der Waals surface area (Å²) >= 11 is -5.79. The van der Waals surface area contributed by atoms with Crippen LogP contribution in [0.1, 0.15) is 0 Å². The van der Waals surface area contributed by atoms with E-state index in [9.17, 15) is 0 Å². The minimum absolute atomic E-state index is 1.12. The second-order valence-corrected chi connectivity index (χ2v) is 27.7. The topological polar surface area (TPSA) is 29.2 Å². The van der Waals surface area contributed by atoms with Crippen molar-refractivity contribution in [3.8, 4) is 11.4 Å². The van der Waals surface area contributed by atoms with E-state index in [0.717, 1.165) is 11.5 Å². The second kappa shape index (κ2) is 11.6. The zero-order valence-electron chi connectivity index (χ0n) is 32.3. The molecule has 5 nitrogen and oxygen atoms in total. The van der Waals surface area contributed by atoms with Crippen LogP contribution in [0.3, 0.4) is 0 Å². The molecule has 3 aromatic heterocycles. The van der Waals surface area contributed by atoms with Crippen molar-refractivity contribution in [2.75, 3.05) is 9.80 Å². The number of nitrogens with zero attached hydrogens (tertiary/aromatic N) is 5. The molecule has 4 aliphatic heterocycles. The number of para-hydroxylation sites is 6. The summed E-state index contributed by atoms with van der Waals surface area (Å²) in [7, 11) is 0. The standard InChI is InChI=1S/C53H31N5.2Ga/c1-3-17-38(18-4-1)55(40-21-15-23-42(35-40)57-49-29-11-7-25-45(49)46-26-8-12-30-50(46)57)44-33-34-53(54-37-44)56(39-19-5-2-6-20-39)41-22-16-24-43(36-41)58-51-31-13-9-27-47(51)48-28-10-14-32-52(48)58;;/h1-29,31,33H;;. The van der Waals surface area contributed by atoms with Crippen molar-refractivity contribution in [3.05, 3.63) is 188 Å². The van der Waals surface area contributed by atoms with E-state index >= 15 is 0 Å². The molecule has 7 heteroatoms. The molecule has 274 valence electrons. The number of anilines is 6. The molecular weight excluding hydrogens is 846 g/mol. The van der Waals surface area contributed by atoms with Gasteiger partial charge in [-0.1, -0.05) is 0 Å². The summed E-state index contributed by atoms with van der Waals surface area (Å²) in [5.41, 5.74) is 14.1. The number of benzene rings is 8. The summed E-state index contributed by atoms with van der Waals surface area (Å²) in [6.45, 7) is 0. The van der Waals surface area contributed by atoms with Crippen LogP contribution in [0.15, 0.2) is 188 Å². The predicted octanol–water partition coefficient (Wildman–Crippen LogP) is 8.50. The Morgan fingerprint density at radius 3 is 1.43 bits per heavy atom. The van der Waals surface area contributed by atoms with Crippen LogP contribution in [-0.2, 0) is 0 Å². The molecule has 0 N–H and O–H groups in total. The molecule has 7 heterocycles. The Hall–Kier alpha value is -6.62. The molecule has 0 atom stereocenters. The zero-order valence-corrected chi connectivity index (χ0v) is 37.1. The van der Waals surface area contributed by atoms with E-state index in [4.69, 9.17) is 4.98 Å². The first-order valence-electron chi connectivity index (χ1n) is 20.9. The van der Waals surface area contributed by atoms with Gasteiger partial charge in [-0.25, -0.2) is 0 Å². The van der Waals surface area contributed by atoms with E-state index in [2.05, 4.69) is 207 Å². The van der Waals surface area contributed by atoms with Crippen LogP contribution in [-0.4, -0.2) is 46.6 Å². The minimum atomic E-state index is -2.92. The van der Waals surface area contributed by atoms with E-state index in [0.29, 0.717) is 0 Å². The average molecular weight is 877 g/mol. The molecule has 11 aromatic rings. The van der Waals surface area contributed by atoms with Gasteiger partial charge in [0, 0.05) is 0 Å². The van der Waals surface area contributed by atoms with Gasteiger partial charge in [0.1, 0.15) is 0 Å². The third-order valence-corrected chi connectivity index (χ3v) is 27.5. The molecule has 0 fully saturated rings. The van der Waals surface area contributed by atoms with Crippen LogP contribution in [0.2, 0.25) is 0 Å². The summed E-state index contributed by atoms with van der Waals surface area (Å²) in [5, 5.41) is 5.31. The van der Waals surface area contributed by atoms with E-state index < -0.39 is 32.4 Å². The van der Waals surface area contributed by atoms with Gasteiger partial charge in [-0.2, -0.15) is 0 Å². The van der Waals surface area contributed by atoms with Crippen molar-refractivity contribution < 1.29 is 0 Å². The van der Waals surface area contributed by atoms with Gasteiger partial charge in [0.25, 0.3) is 0 Å². The van der Waals surface area contributed by atoms with Gasteiger partial charge >= 0.3 is 358 Å². The van der Waals surface area contributed by atoms with Crippen molar-refractivity contribution in [1.82, 2.24) is 14.1 Å². The second-order valence-electron chi connectivity index (χ2n) is 16.6. The van der Waals surface area contributed by atoms with Crippen LogP contribution in [0.4, 0.5) is 34.3 Å². The fourth-order valence-electron chi connectivity index (χ4n) is 11.7. The van der Waals surface area contributed by atoms with Gasteiger partial charge in [0.2, 0.25) is 0 Å². The molecule has 4 aliphatic rings. The van der Waals surface area contributed by atoms with Crippen molar-refractivity contribution in [3.63, 3.8) is 0 Å². The van der Waals surface area contributed by atoms with Gasteiger partial charge < -0.3 is 0 Å². The Kier molecular flexibility index (Phi) is 6.22. The van der Waals surface area contributed by atoms with Crippen molar-refractivity contribution in [2.45, 2.75) is 0 Å². The van der Waals surface area contributed by atoms with Crippen LogP contribution >= 0.6 is 0 Å². The molecule has 0 amide bonds. The normalized spacial score (nSPS) is 13.9. The molecule has 0 aliphatic carbocycles. The Morgan fingerprint density at radius 2 is 0.817 bits per heavy atom. The molecule has 0 bridgehead atoms. The number of aromatic nitrogens is 3. The van der Waals surface area contributed by atoms with Crippen molar-refractivity contribution >= 4 is 135 Å². The van der Waals surface area contributed by atoms with Crippen LogP contribution < -0.4 is 34.6 Å². The van der Waals surface area contributed by atoms with Crippen molar-refractivity contribution in [2.24, 2.45) is 0 Å².